The summed E-state index contributed by atoms with van der Waals surface area (Å²) in [6.07, 6.45) is 4.80. The van der Waals surface area contributed by atoms with E-state index in [2.05, 4.69) is 20.9 Å². The third-order valence-corrected chi connectivity index (χ3v) is 7.85. The maximum absolute atomic E-state index is 13.6. The van der Waals surface area contributed by atoms with Crippen LogP contribution >= 0.6 is 11.8 Å². The zero-order chi connectivity index (χ0) is 31.4. The van der Waals surface area contributed by atoms with Gasteiger partial charge in [0.2, 0.25) is 5.91 Å². The molecule has 5 rings (SSSR count). The number of carbonyl (C=O) groups is 3. The predicted molar refractivity (Wildman–Crippen MR) is 178 cm³/mol. The first-order chi connectivity index (χ1) is 22.0. The number of nitrogens with zero attached hydrogens (tertiary/aromatic N) is 1. The van der Waals surface area contributed by atoms with Gasteiger partial charge in [0.05, 0.1) is 7.11 Å². The van der Waals surface area contributed by atoms with Crippen molar-refractivity contribution < 1.29 is 19.1 Å². The Labute approximate surface area is 265 Å². The van der Waals surface area contributed by atoms with Crippen molar-refractivity contribution in [2.75, 3.05) is 17.7 Å². The number of nitrogens with one attached hydrogen (secondary N) is 3. The molecule has 0 aliphatic rings. The van der Waals surface area contributed by atoms with Crippen molar-refractivity contribution >= 4 is 46.9 Å². The topological polar surface area (TPSA) is 109 Å². The van der Waals surface area contributed by atoms with E-state index in [1.165, 1.54) is 18.9 Å². The first-order valence-corrected chi connectivity index (χ1v) is 14.9. The number of aromatic nitrogens is 1. The average Bonchev–Trinajstić information content (AvgIpc) is 3.08. The van der Waals surface area contributed by atoms with Crippen LogP contribution in [-0.4, -0.2) is 29.8 Å². The fourth-order valence-corrected chi connectivity index (χ4v) is 5.49. The highest BCUT2D eigenvalue weighted by molar-refractivity contribution is 8.00. The molecule has 1 atom stereocenters. The number of hydrogen-bond acceptors (Lipinski definition) is 6. The molecule has 45 heavy (non-hydrogen) atoms. The Kier molecular flexibility index (Phi) is 10.4. The highest BCUT2D eigenvalue weighted by Crippen LogP contribution is 2.37. The van der Waals surface area contributed by atoms with Gasteiger partial charge in [0, 0.05) is 39.8 Å². The van der Waals surface area contributed by atoms with Crippen molar-refractivity contribution in [3.05, 3.63) is 156 Å². The SMILES string of the molecule is COc1ccccc1/C=C(/NC(=O)c1ccccc1)C(=O)Nc1cccc(SC(C(=O)Nc2ccncc2)c2ccccc2)c1. The maximum atomic E-state index is 13.6. The molecule has 224 valence electrons. The van der Waals surface area contributed by atoms with Gasteiger partial charge < -0.3 is 20.7 Å². The molecule has 1 aromatic heterocycles. The Morgan fingerprint density at radius 1 is 0.756 bits per heavy atom. The van der Waals surface area contributed by atoms with Gasteiger partial charge in [-0.1, -0.05) is 72.8 Å². The molecule has 0 saturated heterocycles. The Bertz CT molecular complexity index is 1800. The van der Waals surface area contributed by atoms with Gasteiger partial charge >= 0.3 is 0 Å². The standard InChI is InChI=1S/C36H30N4O4S/c1-44-32-18-9-8-15-27(32)23-31(40-34(41)26-13-6-3-7-14-26)35(42)39-29-16-10-17-30(24-29)45-33(25-11-4-2-5-12-25)36(43)38-28-19-21-37-22-20-28/h2-24,33H,1H3,(H,39,42)(H,40,41)(H,37,38,43)/b31-23+. The van der Waals surface area contributed by atoms with Gasteiger partial charge in [0.15, 0.2) is 0 Å². The Hall–Kier alpha value is -5.67. The van der Waals surface area contributed by atoms with E-state index < -0.39 is 17.1 Å². The second-order valence-electron chi connectivity index (χ2n) is 9.74. The molecule has 0 aliphatic heterocycles. The van der Waals surface area contributed by atoms with Crippen LogP contribution in [0.2, 0.25) is 0 Å². The second-order valence-corrected chi connectivity index (χ2v) is 10.9. The molecular formula is C36H30N4O4S. The lowest BCUT2D eigenvalue weighted by atomic mass is 10.1. The fourth-order valence-electron chi connectivity index (χ4n) is 4.41. The van der Waals surface area contributed by atoms with E-state index in [0.717, 1.165) is 10.5 Å². The first-order valence-electron chi connectivity index (χ1n) is 14.0. The van der Waals surface area contributed by atoms with Crippen LogP contribution in [0.15, 0.2) is 144 Å². The summed E-state index contributed by atoms with van der Waals surface area (Å²) < 4.78 is 5.45. The number of rotatable bonds is 11. The quantitative estimate of drug-likeness (QED) is 0.110. The Morgan fingerprint density at radius 3 is 2.18 bits per heavy atom. The molecule has 8 nitrogen and oxygen atoms in total. The van der Waals surface area contributed by atoms with E-state index in [9.17, 15) is 14.4 Å². The van der Waals surface area contributed by atoms with Crippen LogP contribution in [0.4, 0.5) is 11.4 Å². The highest BCUT2D eigenvalue weighted by Gasteiger charge is 2.23. The van der Waals surface area contributed by atoms with Gasteiger partial charge in [-0.3, -0.25) is 19.4 Å². The number of pyridine rings is 1. The summed E-state index contributed by atoms with van der Waals surface area (Å²) in [7, 11) is 1.54. The summed E-state index contributed by atoms with van der Waals surface area (Å²) in [6.45, 7) is 0. The lowest BCUT2D eigenvalue weighted by molar-refractivity contribution is -0.116. The fraction of sp³-hybridized carbons (Fsp3) is 0.0556. The van der Waals surface area contributed by atoms with Crippen molar-refractivity contribution in [3.8, 4) is 5.75 Å². The van der Waals surface area contributed by atoms with Crippen molar-refractivity contribution in [2.45, 2.75) is 10.1 Å². The van der Waals surface area contributed by atoms with E-state index in [-0.39, 0.29) is 11.6 Å². The van der Waals surface area contributed by atoms with Gasteiger partial charge in [0.25, 0.3) is 11.8 Å². The van der Waals surface area contributed by atoms with Crippen molar-refractivity contribution in [1.29, 1.82) is 0 Å². The number of thioether (sulfide) groups is 1. The summed E-state index contributed by atoms with van der Waals surface area (Å²) in [5.74, 6) is -0.603. The van der Waals surface area contributed by atoms with Crippen LogP contribution in [0.25, 0.3) is 6.08 Å². The summed E-state index contributed by atoms with van der Waals surface area (Å²) >= 11 is 1.35. The van der Waals surface area contributed by atoms with E-state index in [1.54, 1.807) is 85.2 Å². The molecule has 1 unspecified atom stereocenters. The minimum absolute atomic E-state index is 0.0327. The number of anilines is 2. The maximum Gasteiger partial charge on any atom is 0.272 e. The molecule has 1 heterocycles. The molecular weight excluding hydrogens is 584 g/mol. The second kappa shape index (κ2) is 15.2. The molecule has 3 amide bonds. The summed E-state index contributed by atoms with van der Waals surface area (Å²) in [5.41, 5.74) is 3.02. The van der Waals surface area contributed by atoms with Gasteiger partial charge in [0.1, 0.15) is 16.7 Å². The van der Waals surface area contributed by atoms with Crippen LogP contribution < -0.4 is 20.7 Å². The van der Waals surface area contributed by atoms with E-state index in [4.69, 9.17) is 4.74 Å². The zero-order valence-corrected chi connectivity index (χ0v) is 25.2. The smallest absolute Gasteiger partial charge is 0.272 e. The van der Waals surface area contributed by atoms with Crippen molar-refractivity contribution in [3.63, 3.8) is 0 Å². The minimum Gasteiger partial charge on any atom is -0.496 e. The molecule has 0 fully saturated rings. The summed E-state index contributed by atoms with van der Waals surface area (Å²) in [5, 5.41) is 8.03. The number of ether oxygens (including phenoxy) is 1. The molecule has 0 aliphatic carbocycles. The number of hydrogen-bond donors (Lipinski definition) is 3. The third-order valence-electron chi connectivity index (χ3n) is 6.60. The van der Waals surface area contributed by atoms with E-state index >= 15 is 0 Å². The van der Waals surface area contributed by atoms with Crippen LogP contribution in [0.5, 0.6) is 5.75 Å². The van der Waals surface area contributed by atoms with Crippen molar-refractivity contribution in [1.82, 2.24) is 10.3 Å². The summed E-state index contributed by atoms with van der Waals surface area (Å²) in [6, 6.07) is 36.0. The lowest BCUT2D eigenvalue weighted by Gasteiger charge is -2.18. The zero-order valence-electron chi connectivity index (χ0n) is 24.3. The minimum atomic E-state index is -0.573. The first kappa shape index (κ1) is 30.8. The lowest BCUT2D eigenvalue weighted by Crippen LogP contribution is -2.30. The molecule has 0 radical (unpaired) electrons. The molecule has 0 spiro atoms. The van der Waals surface area contributed by atoms with Crippen LogP contribution in [0.3, 0.4) is 0 Å². The molecule has 3 N–H and O–H groups in total. The number of amides is 3. The number of para-hydroxylation sites is 1. The van der Waals surface area contributed by atoms with Gasteiger partial charge in [-0.15, -0.1) is 11.8 Å². The average molecular weight is 615 g/mol. The number of benzene rings is 4. The van der Waals surface area contributed by atoms with E-state index in [1.807, 2.05) is 54.6 Å². The molecule has 5 aromatic rings. The Balaban J connectivity index is 1.39. The molecule has 0 bridgehead atoms. The third kappa shape index (κ3) is 8.46. The highest BCUT2D eigenvalue weighted by atomic mass is 32.2. The van der Waals surface area contributed by atoms with Gasteiger partial charge in [-0.2, -0.15) is 0 Å². The van der Waals surface area contributed by atoms with Crippen molar-refractivity contribution in [2.24, 2.45) is 0 Å². The molecule has 4 aromatic carbocycles. The number of carbonyl (C=O) groups excluding carboxylic acids is 3. The van der Waals surface area contributed by atoms with Crippen LogP contribution in [0, 0.1) is 0 Å². The predicted octanol–water partition coefficient (Wildman–Crippen LogP) is 6.97. The monoisotopic (exact) mass is 614 g/mol. The van der Waals surface area contributed by atoms with Gasteiger partial charge in [-0.05, 0) is 60.2 Å². The number of methoxy groups -OCH3 is 1. The van der Waals surface area contributed by atoms with Gasteiger partial charge in [-0.25, -0.2) is 0 Å². The Morgan fingerprint density at radius 2 is 1.44 bits per heavy atom. The molecule has 0 saturated carbocycles. The van der Waals surface area contributed by atoms with Crippen LogP contribution in [-0.2, 0) is 9.59 Å². The summed E-state index contributed by atoms with van der Waals surface area (Å²) in [4.78, 5) is 44.9. The van der Waals surface area contributed by atoms with Crippen LogP contribution in [0.1, 0.15) is 26.7 Å². The normalized spacial score (nSPS) is 11.6. The molecule has 9 heteroatoms. The van der Waals surface area contributed by atoms with E-state index in [0.29, 0.717) is 28.3 Å². The largest absolute Gasteiger partial charge is 0.496 e.